The van der Waals surface area contributed by atoms with E-state index in [1.54, 1.807) is 17.0 Å². The van der Waals surface area contributed by atoms with E-state index in [9.17, 15) is 22.2 Å². The molecule has 1 unspecified atom stereocenters. The maximum atomic E-state index is 13.7. The average molecular weight is 441 g/mol. The lowest BCUT2D eigenvalue weighted by molar-refractivity contribution is -0.0102. The Morgan fingerprint density at radius 3 is 2.73 bits per heavy atom. The Bertz CT molecular complexity index is 1050. The number of rotatable bonds is 5. The largest absolute Gasteiger partial charge is 0.369 e. The van der Waals surface area contributed by atoms with Crippen molar-refractivity contribution in [2.24, 2.45) is 0 Å². The average Bonchev–Trinajstić information content (AvgIpc) is 2.87. The van der Waals surface area contributed by atoms with Gasteiger partial charge in [0.2, 0.25) is 5.92 Å². The standard InChI is InChI=1S/C19H22F3N5O2S/c1-30(23,29)15-5-2-4-13(10-15)24-18(28)17-16(11-14(12-20)25-26-17)27-8-3-6-19(21,22)7-9-27/h2,4-5,10-11,23H,3,6-9,12H2,1H3,(H,24,28). The lowest BCUT2D eigenvalue weighted by atomic mass is 10.1. The zero-order valence-corrected chi connectivity index (χ0v) is 17.1. The number of benzene rings is 1. The molecule has 1 amide bonds. The highest BCUT2D eigenvalue weighted by atomic mass is 32.2. The van der Waals surface area contributed by atoms with E-state index in [1.807, 2.05) is 0 Å². The van der Waals surface area contributed by atoms with Crippen molar-refractivity contribution in [3.8, 4) is 0 Å². The molecule has 162 valence electrons. The lowest BCUT2D eigenvalue weighted by Gasteiger charge is -2.24. The topological polar surface area (TPSA) is 99.0 Å². The van der Waals surface area contributed by atoms with Gasteiger partial charge in [-0.1, -0.05) is 6.07 Å². The molecule has 1 aliphatic rings. The molecule has 1 aromatic carbocycles. The van der Waals surface area contributed by atoms with Crippen molar-refractivity contribution in [1.82, 2.24) is 10.2 Å². The normalized spacial score (nSPS) is 18.3. The first kappa shape index (κ1) is 22.0. The minimum absolute atomic E-state index is 0.000480. The number of carbonyl (C=O) groups is 1. The van der Waals surface area contributed by atoms with Crippen LogP contribution in [0.2, 0.25) is 0 Å². The van der Waals surface area contributed by atoms with Gasteiger partial charge < -0.3 is 10.2 Å². The van der Waals surface area contributed by atoms with Crippen LogP contribution in [0.1, 0.15) is 35.4 Å². The first-order valence-electron chi connectivity index (χ1n) is 9.30. The molecule has 1 aromatic heterocycles. The predicted octanol–water partition coefficient (Wildman–Crippen LogP) is 3.86. The van der Waals surface area contributed by atoms with E-state index in [0.29, 0.717) is 5.69 Å². The first-order chi connectivity index (χ1) is 14.1. The van der Waals surface area contributed by atoms with Crippen LogP contribution in [-0.4, -0.2) is 45.6 Å². The molecule has 0 bridgehead atoms. The summed E-state index contributed by atoms with van der Waals surface area (Å²) in [4.78, 5) is 14.7. The molecule has 0 aliphatic carbocycles. The summed E-state index contributed by atoms with van der Waals surface area (Å²) in [5.74, 6) is -3.45. The second-order valence-electron chi connectivity index (χ2n) is 7.23. The molecule has 0 saturated carbocycles. The Hall–Kier alpha value is -2.69. The molecule has 1 aliphatic heterocycles. The number of nitrogens with zero attached hydrogens (tertiary/aromatic N) is 3. The van der Waals surface area contributed by atoms with Crippen LogP contribution in [0.3, 0.4) is 0 Å². The number of carbonyl (C=O) groups excluding carboxylic acids is 1. The van der Waals surface area contributed by atoms with Gasteiger partial charge in [-0.2, -0.15) is 5.10 Å². The number of hydrogen-bond donors (Lipinski definition) is 2. The maximum absolute atomic E-state index is 13.7. The molecule has 3 rings (SSSR count). The molecule has 2 N–H and O–H groups in total. The Morgan fingerprint density at radius 1 is 1.27 bits per heavy atom. The summed E-state index contributed by atoms with van der Waals surface area (Å²) in [6, 6.07) is 7.40. The van der Waals surface area contributed by atoms with Crippen LogP contribution in [-0.2, 0) is 16.4 Å². The number of hydrogen-bond acceptors (Lipinski definition) is 6. The zero-order chi connectivity index (χ0) is 21.9. The second-order valence-corrected chi connectivity index (χ2v) is 9.38. The van der Waals surface area contributed by atoms with Crippen molar-refractivity contribution in [2.75, 3.05) is 29.6 Å². The molecule has 1 fully saturated rings. The maximum Gasteiger partial charge on any atom is 0.278 e. The van der Waals surface area contributed by atoms with Crippen molar-refractivity contribution < 1.29 is 22.2 Å². The molecule has 11 heteroatoms. The van der Waals surface area contributed by atoms with Crippen molar-refractivity contribution in [1.29, 1.82) is 4.78 Å². The number of halogens is 3. The summed E-state index contributed by atoms with van der Waals surface area (Å²) < 4.78 is 60.2. The van der Waals surface area contributed by atoms with Gasteiger partial charge in [-0.15, -0.1) is 5.10 Å². The molecule has 2 aromatic rings. The Morgan fingerprint density at radius 2 is 2.03 bits per heavy atom. The minimum atomic E-state index is -2.98. The van der Waals surface area contributed by atoms with Gasteiger partial charge in [0.25, 0.3) is 5.91 Å². The van der Waals surface area contributed by atoms with Gasteiger partial charge in [-0.3, -0.25) is 4.79 Å². The molecule has 30 heavy (non-hydrogen) atoms. The third-order valence-electron chi connectivity index (χ3n) is 4.78. The van der Waals surface area contributed by atoms with E-state index in [0.717, 1.165) is 0 Å². The summed E-state index contributed by atoms with van der Waals surface area (Å²) in [7, 11) is -2.98. The SMILES string of the molecule is CS(=N)(=O)c1cccc(NC(=O)c2nnc(CF)cc2N2CCCC(F)(F)CC2)c1. The van der Waals surface area contributed by atoms with E-state index < -0.39 is 28.2 Å². The van der Waals surface area contributed by atoms with E-state index in [4.69, 9.17) is 4.78 Å². The third-order valence-corrected chi connectivity index (χ3v) is 5.93. The highest BCUT2D eigenvalue weighted by Crippen LogP contribution is 2.31. The quantitative estimate of drug-likeness (QED) is 0.734. The second kappa shape index (κ2) is 8.58. The van der Waals surface area contributed by atoms with Crippen LogP contribution in [0.25, 0.3) is 0 Å². The van der Waals surface area contributed by atoms with E-state index in [2.05, 4.69) is 15.5 Å². The van der Waals surface area contributed by atoms with Gasteiger partial charge in [-0.25, -0.2) is 22.2 Å². The molecule has 0 spiro atoms. The molecular formula is C19H22F3N5O2S. The number of anilines is 2. The van der Waals surface area contributed by atoms with Crippen LogP contribution in [0.15, 0.2) is 35.2 Å². The molecular weight excluding hydrogens is 419 g/mol. The summed E-state index contributed by atoms with van der Waals surface area (Å²) in [6.07, 6.45) is 0.855. The fraction of sp³-hybridized carbons (Fsp3) is 0.421. The lowest BCUT2D eigenvalue weighted by Crippen LogP contribution is -2.29. The van der Waals surface area contributed by atoms with Crippen molar-refractivity contribution in [2.45, 2.75) is 36.8 Å². The fourth-order valence-electron chi connectivity index (χ4n) is 3.20. The number of alkyl halides is 3. The first-order valence-corrected chi connectivity index (χ1v) is 11.3. The van der Waals surface area contributed by atoms with Crippen LogP contribution in [0.5, 0.6) is 0 Å². The fourth-order valence-corrected chi connectivity index (χ4v) is 3.89. The van der Waals surface area contributed by atoms with Gasteiger partial charge in [0.1, 0.15) is 6.67 Å². The summed E-state index contributed by atoms with van der Waals surface area (Å²) >= 11 is 0. The smallest absolute Gasteiger partial charge is 0.278 e. The number of amides is 1. The van der Waals surface area contributed by atoms with E-state index in [-0.39, 0.29) is 54.3 Å². The Balaban J connectivity index is 1.91. The van der Waals surface area contributed by atoms with Gasteiger partial charge in [-0.05, 0) is 30.7 Å². The minimum Gasteiger partial charge on any atom is -0.369 e. The summed E-state index contributed by atoms with van der Waals surface area (Å²) in [5, 5.41) is 10.1. The van der Waals surface area contributed by atoms with Crippen molar-refractivity contribution >= 4 is 27.0 Å². The molecule has 1 atom stereocenters. The van der Waals surface area contributed by atoms with Crippen molar-refractivity contribution in [3.05, 3.63) is 41.7 Å². The third kappa shape index (κ3) is 5.26. The van der Waals surface area contributed by atoms with Gasteiger partial charge >= 0.3 is 0 Å². The Labute approximate surface area is 172 Å². The van der Waals surface area contributed by atoms with Gasteiger partial charge in [0.05, 0.1) is 21.1 Å². The van der Waals surface area contributed by atoms with Crippen LogP contribution in [0.4, 0.5) is 24.5 Å². The van der Waals surface area contributed by atoms with Gasteiger partial charge in [0.15, 0.2) is 5.69 Å². The number of aromatic nitrogens is 2. The molecule has 1 saturated heterocycles. The highest BCUT2D eigenvalue weighted by Gasteiger charge is 2.33. The number of nitrogens with one attached hydrogen (secondary N) is 2. The van der Waals surface area contributed by atoms with Gasteiger partial charge in [0, 0.05) is 42.8 Å². The molecule has 0 radical (unpaired) electrons. The predicted molar refractivity (Wildman–Crippen MR) is 107 cm³/mol. The summed E-state index contributed by atoms with van der Waals surface area (Å²) in [6.45, 7) is -0.626. The van der Waals surface area contributed by atoms with E-state index >= 15 is 0 Å². The molecule has 7 nitrogen and oxygen atoms in total. The van der Waals surface area contributed by atoms with Crippen LogP contribution >= 0.6 is 0 Å². The summed E-state index contributed by atoms with van der Waals surface area (Å²) in [5.41, 5.74) is 0.415. The highest BCUT2D eigenvalue weighted by molar-refractivity contribution is 7.91. The molecule has 2 heterocycles. The monoisotopic (exact) mass is 441 g/mol. The van der Waals surface area contributed by atoms with E-state index in [1.165, 1.54) is 24.5 Å². The van der Waals surface area contributed by atoms with Crippen LogP contribution < -0.4 is 10.2 Å². The van der Waals surface area contributed by atoms with Crippen LogP contribution in [0, 0.1) is 4.78 Å². The zero-order valence-electron chi connectivity index (χ0n) is 16.3. The van der Waals surface area contributed by atoms with Crippen molar-refractivity contribution in [3.63, 3.8) is 0 Å². The Kier molecular flexibility index (Phi) is 6.30.